The molecule has 0 radical (unpaired) electrons. The lowest BCUT2D eigenvalue weighted by atomic mass is 9.73. The van der Waals surface area contributed by atoms with Crippen molar-refractivity contribution < 1.29 is 22.4 Å². The molecule has 0 unspecified atom stereocenters. The Morgan fingerprint density at radius 1 is 0.893 bits per heavy atom. The SMILES string of the molecule is O=C(N[C@@H]1CC[C@@H]1c1cccc2c(F)cccc12)c1ccccc1C(F)(F)F. The summed E-state index contributed by atoms with van der Waals surface area (Å²) in [7, 11) is 0. The molecule has 1 fully saturated rings. The maximum Gasteiger partial charge on any atom is 0.417 e. The molecule has 1 N–H and O–H groups in total. The van der Waals surface area contributed by atoms with E-state index in [2.05, 4.69) is 5.32 Å². The Morgan fingerprint density at radius 2 is 1.61 bits per heavy atom. The highest BCUT2D eigenvalue weighted by Gasteiger charge is 2.38. The number of benzene rings is 3. The molecule has 0 bridgehead atoms. The Labute approximate surface area is 159 Å². The average Bonchev–Trinajstić information content (AvgIpc) is 2.65. The number of carbonyl (C=O) groups is 1. The third-order valence-electron chi connectivity index (χ3n) is 5.37. The van der Waals surface area contributed by atoms with Gasteiger partial charge in [-0.2, -0.15) is 13.2 Å². The normalized spacial score (nSPS) is 19.3. The first-order chi connectivity index (χ1) is 13.4. The van der Waals surface area contributed by atoms with Crippen LogP contribution in [0.3, 0.4) is 0 Å². The van der Waals surface area contributed by atoms with E-state index in [1.165, 1.54) is 24.3 Å². The van der Waals surface area contributed by atoms with Crippen LogP contribution in [0.5, 0.6) is 0 Å². The smallest absolute Gasteiger partial charge is 0.349 e. The number of alkyl halides is 3. The standard InChI is InChI=1S/C22H17F4NO/c23-19-10-4-7-13-14(6-3-8-15(13)19)16-11-12-20(16)27-21(28)17-5-1-2-9-18(17)22(24,25)26/h1-10,16,20H,11-12H2,(H,27,28)/t16-,20-/m1/s1. The molecule has 2 nitrogen and oxygen atoms in total. The van der Waals surface area contributed by atoms with Crippen LogP contribution >= 0.6 is 0 Å². The molecule has 4 rings (SSSR count). The zero-order valence-corrected chi connectivity index (χ0v) is 14.8. The molecule has 3 aromatic carbocycles. The van der Waals surface area contributed by atoms with E-state index < -0.39 is 17.6 Å². The number of carbonyl (C=O) groups excluding carboxylic acids is 1. The number of hydrogen-bond donors (Lipinski definition) is 1. The minimum absolute atomic E-state index is 0.0625. The van der Waals surface area contributed by atoms with Crippen molar-refractivity contribution in [2.45, 2.75) is 31.0 Å². The van der Waals surface area contributed by atoms with Crippen molar-refractivity contribution in [1.29, 1.82) is 0 Å². The first-order valence-electron chi connectivity index (χ1n) is 9.00. The van der Waals surface area contributed by atoms with Gasteiger partial charge in [-0.1, -0.05) is 42.5 Å². The summed E-state index contributed by atoms with van der Waals surface area (Å²) in [6, 6.07) is 14.6. The van der Waals surface area contributed by atoms with Crippen molar-refractivity contribution in [3.8, 4) is 0 Å². The minimum Gasteiger partial charge on any atom is -0.349 e. The van der Waals surface area contributed by atoms with E-state index >= 15 is 0 Å². The van der Waals surface area contributed by atoms with Crippen LogP contribution in [0.1, 0.15) is 40.2 Å². The fraction of sp³-hybridized carbons (Fsp3) is 0.227. The molecule has 1 aliphatic rings. The van der Waals surface area contributed by atoms with Crippen LogP contribution in [0.15, 0.2) is 60.7 Å². The summed E-state index contributed by atoms with van der Waals surface area (Å²) < 4.78 is 53.6. The monoisotopic (exact) mass is 387 g/mol. The fourth-order valence-electron chi connectivity index (χ4n) is 3.84. The molecule has 1 aliphatic carbocycles. The zero-order chi connectivity index (χ0) is 19.9. The van der Waals surface area contributed by atoms with E-state index in [1.807, 2.05) is 12.1 Å². The zero-order valence-electron chi connectivity index (χ0n) is 14.8. The van der Waals surface area contributed by atoms with Crippen LogP contribution in [0, 0.1) is 5.82 Å². The van der Waals surface area contributed by atoms with Crippen LogP contribution in [-0.4, -0.2) is 11.9 Å². The molecular weight excluding hydrogens is 370 g/mol. The van der Waals surface area contributed by atoms with E-state index in [9.17, 15) is 22.4 Å². The summed E-state index contributed by atoms with van der Waals surface area (Å²) >= 11 is 0. The third kappa shape index (κ3) is 3.23. The molecule has 1 saturated carbocycles. The van der Waals surface area contributed by atoms with Gasteiger partial charge in [0.05, 0.1) is 11.1 Å². The van der Waals surface area contributed by atoms with Crippen molar-refractivity contribution in [2.75, 3.05) is 0 Å². The summed E-state index contributed by atoms with van der Waals surface area (Å²) in [5.74, 6) is -1.13. The highest BCUT2D eigenvalue weighted by atomic mass is 19.4. The molecule has 2 atom stereocenters. The second kappa shape index (κ2) is 6.93. The molecule has 144 valence electrons. The van der Waals surface area contributed by atoms with Crippen LogP contribution in [0.25, 0.3) is 10.8 Å². The van der Waals surface area contributed by atoms with Crippen molar-refractivity contribution >= 4 is 16.7 Å². The topological polar surface area (TPSA) is 29.1 Å². The molecular formula is C22H17F4NO. The molecule has 3 aromatic rings. The Kier molecular flexibility index (Phi) is 4.57. The van der Waals surface area contributed by atoms with Gasteiger partial charge in [0, 0.05) is 17.3 Å². The molecule has 0 aliphatic heterocycles. The maximum absolute atomic E-state index is 14.1. The van der Waals surface area contributed by atoms with Gasteiger partial charge >= 0.3 is 6.18 Å². The van der Waals surface area contributed by atoms with Crippen molar-refractivity contribution in [2.24, 2.45) is 0 Å². The average molecular weight is 387 g/mol. The molecule has 0 aromatic heterocycles. The van der Waals surface area contributed by atoms with Gasteiger partial charge in [-0.15, -0.1) is 0 Å². The maximum atomic E-state index is 14.1. The van der Waals surface area contributed by atoms with Crippen molar-refractivity contribution in [3.63, 3.8) is 0 Å². The quantitative estimate of drug-likeness (QED) is 0.576. The van der Waals surface area contributed by atoms with Gasteiger partial charge in [-0.25, -0.2) is 4.39 Å². The van der Waals surface area contributed by atoms with Crippen LogP contribution in [-0.2, 0) is 6.18 Å². The van der Waals surface area contributed by atoms with Gasteiger partial charge in [0.1, 0.15) is 5.82 Å². The lowest BCUT2D eigenvalue weighted by Crippen LogP contribution is -2.45. The Morgan fingerprint density at radius 3 is 2.32 bits per heavy atom. The van der Waals surface area contributed by atoms with E-state index in [4.69, 9.17) is 0 Å². The lowest BCUT2D eigenvalue weighted by Gasteiger charge is -2.38. The largest absolute Gasteiger partial charge is 0.417 e. The number of amides is 1. The Balaban J connectivity index is 1.60. The fourth-order valence-corrected chi connectivity index (χ4v) is 3.84. The number of fused-ring (bicyclic) bond motifs is 1. The number of hydrogen-bond acceptors (Lipinski definition) is 1. The second-order valence-electron chi connectivity index (χ2n) is 6.99. The molecule has 0 spiro atoms. The van der Waals surface area contributed by atoms with Crippen molar-refractivity contribution in [3.05, 3.63) is 83.2 Å². The predicted octanol–water partition coefficient (Wildman–Crippen LogP) is 5.67. The summed E-state index contributed by atoms with van der Waals surface area (Å²) in [6.07, 6.45) is -3.15. The first kappa shape index (κ1) is 18.5. The van der Waals surface area contributed by atoms with Crippen LogP contribution < -0.4 is 5.32 Å². The number of rotatable bonds is 3. The summed E-state index contributed by atoms with van der Waals surface area (Å²) in [5.41, 5.74) is -0.433. The van der Waals surface area contributed by atoms with Gasteiger partial charge in [-0.3, -0.25) is 4.79 Å². The summed E-state index contributed by atoms with van der Waals surface area (Å²) in [5, 5.41) is 4.01. The number of nitrogens with one attached hydrogen (secondary N) is 1. The molecule has 1 amide bonds. The van der Waals surface area contributed by atoms with Crippen LogP contribution in [0.4, 0.5) is 17.6 Å². The highest BCUT2D eigenvalue weighted by molar-refractivity contribution is 5.96. The van der Waals surface area contributed by atoms with Gasteiger partial charge in [-0.05, 0) is 42.0 Å². The van der Waals surface area contributed by atoms with E-state index in [0.717, 1.165) is 23.4 Å². The van der Waals surface area contributed by atoms with E-state index in [1.54, 1.807) is 18.2 Å². The minimum atomic E-state index is -4.60. The van der Waals surface area contributed by atoms with E-state index in [0.29, 0.717) is 11.8 Å². The summed E-state index contributed by atoms with van der Waals surface area (Å²) in [4.78, 5) is 12.5. The molecule has 0 heterocycles. The predicted molar refractivity (Wildman–Crippen MR) is 98.6 cm³/mol. The van der Waals surface area contributed by atoms with Gasteiger partial charge in [0.2, 0.25) is 0 Å². The van der Waals surface area contributed by atoms with Gasteiger partial charge in [0.15, 0.2) is 0 Å². The Bertz CT molecular complexity index is 1040. The van der Waals surface area contributed by atoms with Crippen molar-refractivity contribution in [1.82, 2.24) is 5.32 Å². The molecule has 6 heteroatoms. The van der Waals surface area contributed by atoms with E-state index in [-0.39, 0.29) is 23.3 Å². The molecule has 28 heavy (non-hydrogen) atoms. The second-order valence-corrected chi connectivity index (χ2v) is 6.99. The number of halogens is 4. The molecule has 0 saturated heterocycles. The van der Waals surface area contributed by atoms with Gasteiger partial charge < -0.3 is 5.32 Å². The van der Waals surface area contributed by atoms with Gasteiger partial charge in [0.25, 0.3) is 5.91 Å². The Hall–Kier alpha value is -2.89. The third-order valence-corrected chi connectivity index (χ3v) is 5.37. The van der Waals surface area contributed by atoms with Crippen LogP contribution in [0.2, 0.25) is 0 Å². The first-order valence-corrected chi connectivity index (χ1v) is 9.00. The summed E-state index contributed by atoms with van der Waals surface area (Å²) in [6.45, 7) is 0. The lowest BCUT2D eigenvalue weighted by molar-refractivity contribution is -0.137. The highest BCUT2D eigenvalue weighted by Crippen LogP contribution is 2.41.